The number of anilines is 1. The lowest BCUT2D eigenvalue weighted by Crippen LogP contribution is -2.48. The average molecular weight is 422 g/mol. The maximum absolute atomic E-state index is 13.1. The number of aromatic nitrogens is 2. The number of morpholine rings is 1. The van der Waals surface area contributed by atoms with Crippen LogP contribution in [-0.4, -0.2) is 83.7 Å². The van der Waals surface area contributed by atoms with Gasteiger partial charge in [-0.3, -0.25) is 9.69 Å². The second-order valence-corrected chi connectivity index (χ2v) is 9.18. The number of hydrogen-bond acceptors (Lipinski definition) is 6. The molecule has 7 nitrogen and oxygen atoms in total. The summed E-state index contributed by atoms with van der Waals surface area (Å²) in [5, 5.41) is 0.344. The average Bonchev–Trinajstić information content (AvgIpc) is 3.22. The minimum absolute atomic E-state index is 0.0649. The Labute approximate surface area is 178 Å². The van der Waals surface area contributed by atoms with Gasteiger partial charge in [0.2, 0.25) is 5.95 Å². The molecule has 1 aromatic rings. The van der Waals surface area contributed by atoms with Crippen molar-refractivity contribution < 1.29 is 9.53 Å². The Balaban J connectivity index is 1.34. The monoisotopic (exact) mass is 421 g/mol. The van der Waals surface area contributed by atoms with Crippen LogP contribution in [0.25, 0.3) is 0 Å². The first-order valence-corrected chi connectivity index (χ1v) is 11.3. The molecule has 3 aliphatic heterocycles. The van der Waals surface area contributed by atoms with E-state index in [4.69, 9.17) is 16.3 Å². The number of halogens is 1. The maximum Gasteiger partial charge on any atom is 0.274 e. The highest BCUT2D eigenvalue weighted by Gasteiger charge is 2.30. The van der Waals surface area contributed by atoms with E-state index in [1.165, 1.54) is 0 Å². The first-order valence-electron chi connectivity index (χ1n) is 10.9. The second-order valence-electron chi connectivity index (χ2n) is 8.77. The number of carbonyl (C=O) groups is 1. The van der Waals surface area contributed by atoms with Crippen molar-refractivity contribution in [2.45, 2.75) is 51.7 Å². The molecule has 2 unspecified atom stereocenters. The highest BCUT2D eigenvalue weighted by atomic mass is 35.5. The smallest absolute Gasteiger partial charge is 0.274 e. The number of rotatable bonds is 4. The highest BCUT2D eigenvalue weighted by Crippen LogP contribution is 2.25. The summed E-state index contributed by atoms with van der Waals surface area (Å²) in [5.74, 6) is 1.18. The molecule has 29 heavy (non-hydrogen) atoms. The zero-order chi connectivity index (χ0) is 20.4. The van der Waals surface area contributed by atoms with Crippen LogP contribution < -0.4 is 4.90 Å². The van der Waals surface area contributed by atoms with Gasteiger partial charge in [0, 0.05) is 45.8 Å². The number of amides is 1. The summed E-state index contributed by atoms with van der Waals surface area (Å²) in [4.78, 5) is 28.5. The van der Waals surface area contributed by atoms with E-state index in [-0.39, 0.29) is 5.91 Å². The molecule has 0 radical (unpaired) electrons. The van der Waals surface area contributed by atoms with E-state index < -0.39 is 0 Å². The Bertz CT molecular complexity index is 709. The quantitative estimate of drug-likeness (QED) is 0.744. The molecule has 4 rings (SSSR count). The van der Waals surface area contributed by atoms with Gasteiger partial charge < -0.3 is 14.5 Å². The fourth-order valence-corrected chi connectivity index (χ4v) is 5.02. The van der Waals surface area contributed by atoms with Gasteiger partial charge in [0.1, 0.15) is 0 Å². The van der Waals surface area contributed by atoms with Crippen LogP contribution >= 0.6 is 11.6 Å². The van der Waals surface area contributed by atoms with Crippen LogP contribution in [0.3, 0.4) is 0 Å². The van der Waals surface area contributed by atoms with Crippen LogP contribution in [0.4, 0.5) is 5.95 Å². The van der Waals surface area contributed by atoms with E-state index >= 15 is 0 Å². The normalized spacial score (nSPS) is 26.9. The van der Waals surface area contributed by atoms with Gasteiger partial charge in [-0.05, 0) is 45.4 Å². The van der Waals surface area contributed by atoms with Crippen LogP contribution in [0.2, 0.25) is 5.02 Å². The van der Waals surface area contributed by atoms with Gasteiger partial charge in [-0.1, -0.05) is 11.6 Å². The van der Waals surface area contributed by atoms with E-state index in [1.54, 1.807) is 6.20 Å². The van der Waals surface area contributed by atoms with Crippen LogP contribution in [0.1, 0.15) is 50.0 Å². The predicted molar refractivity (Wildman–Crippen MR) is 114 cm³/mol. The summed E-state index contributed by atoms with van der Waals surface area (Å²) >= 11 is 6.29. The van der Waals surface area contributed by atoms with Crippen molar-refractivity contribution in [1.82, 2.24) is 19.8 Å². The lowest BCUT2D eigenvalue weighted by molar-refractivity contribution is -0.0728. The summed E-state index contributed by atoms with van der Waals surface area (Å²) in [6, 6.07) is 0. The number of nitrogens with zero attached hydrogens (tertiary/aromatic N) is 5. The molecule has 3 aliphatic rings. The minimum atomic E-state index is -0.0649. The van der Waals surface area contributed by atoms with Crippen molar-refractivity contribution in [2.24, 2.45) is 5.92 Å². The molecule has 8 heteroatoms. The molecule has 160 valence electrons. The fourth-order valence-electron chi connectivity index (χ4n) is 4.84. The van der Waals surface area contributed by atoms with Crippen LogP contribution in [0.15, 0.2) is 6.20 Å². The lowest BCUT2D eigenvalue weighted by atomic mass is 9.95. The summed E-state index contributed by atoms with van der Waals surface area (Å²) in [7, 11) is 0. The van der Waals surface area contributed by atoms with Gasteiger partial charge in [0.15, 0.2) is 5.69 Å². The third kappa shape index (κ3) is 5.01. The van der Waals surface area contributed by atoms with Crippen LogP contribution in [-0.2, 0) is 4.74 Å². The third-order valence-corrected chi connectivity index (χ3v) is 6.51. The minimum Gasteiger partial charge on any atom is -0.373 e. The summed E-state index contributed by atoms with van der Waals surface area (Å²) in [5.41, 5.74) is 0.345. The first-order chi connectivity index (χ1) is 14.0. The number of piperidine rings is 1. The lowest BCUT2D eigenvalue weighted by Gasteiger charge is -2.39. The molecular weight excluding hydrogens is 390 g/mol. The Morgan fingerprint density at radius 2 is 1.79 bits per heavy atom. The third-order valence-electron chi connectivity index (χ3n) is 6.24. The molecule has 0 spiro atoms. The Morgan fingerprint density at radius 3 is 2.45 bits per heavy atom. The van der Waals surface area contributed by atoms with Crippen molar-refractivity contribution in [3.05, 3.63) is 16.9 Å². The van der Waals surface area contributed by atoms with Crippen molar-refractivity contribution in [1.29, 1.82) is 0 Å². The van der Waals surface area contributed by atoms with Crippen molar-refractivity contribution in [3.63, 3.8) is 0 Å². The topological polar surface area (TPSA) is 61.8 Å². The van der Waals surface area contributed by atoms with E-state index in [9.17, 15) is 4.79 Å². The van der Waals surface area contributed by atoms with E-state index in [1.807, 2.05) is 4.90 Å². The van der Waals surface area contributed by atoms with E-state index in [0.717, 1.165) is 71.5 Å². The molecule has 0 bridgehead atoms. The standard InChI is InChI=1S/C21H32ClN5O2/c1-15-12-25(13-16(2)29-15)14-17-5-9-26(10-6-17)20(28)19-18(22)11-23-21(24-19)27-7-3-4-8-27/h11,15-17H,3-10,12-14H2,1-2H3. The number of carbonyl (C=O) groups excluding carboxylic acids is 1. The fraction of sp³-hybridized carbons (Fsp3) is 0.762. The number of hydrogen-bond donors (Lipinski definition) is 0. The molecule has 1 aromatic heterocycles. The highest BCUT2D eigenvalue weighted by molar-refractivity contribution is 6.33. The molecule has 0 aliphatic carbocycles. The Kier molecular flexibility index (Phi) is 6.56. The van der Waals surface area contributed by atoms with E-state index in [2.05, 4.69) is 33.6 Å². The Morgan fingerprint density at radius 1 is 1.14 bits per heavy atom. The zero-order valence-corrected chi connectivity index (χ0v) is 18.3. The molecule has 0 aromatic carbocycles. The molecule has 2 atom stereocenters. The number of ether oxygens (including phenoxy) is 1. The van der Waals surface area contributed by atoms with Crippen molar-refractivity contribution >= 4 is 23.5 Å². The molecule has 0 saturated carbocycles. The van der Waals surface area contributed by atoms with Crippen LogP contribution in [0, 0.1) is 5.92 Å². The molecule has 1 amide bonds. The maximum atomic E-state index is 13.1. The van der Waals surface area contributed by atoms with Gasteiger partial charge in [0.25, 0.3) is 5.91 Å². The molecule has 3 fully saturated rings. The summed E-state index contributed by atoms with van der Waals surface area (Å²) in [6.07, 6.45) is 6.49. The molecule has 4 heterocycles. The van der Waals surface area contributed by atoms with Crippen molar-refractivity contribution in [3.8, 4) is 0 Å². The summed E-state index contributed by atoms with van der Waals surface area (Å²) < 4.78 is 5.84. The van der Waals surface area contributed by atoms with Gasteiger partial charge >= 0.3 is 0 Å². The van der Waals surface area contributed by atoms with Crippen molar-refractivity contribution in [2.75, 3.05) is 50.7 Å². The molecule has 0 N–H and O–H groups in total. The largest absolute Gasteiger partial charge is 0.373 e. The Hall–Kier alpha value is -1.44. The molecule has 3 saturated heterocycles. The van der Waals surface area contributed by atoms with E-state index in [0.29, 0.717) is 34.8 Å². The number of likely N-dealkylation sites (tertiary alicyclic amines) is 1. The van der Waals surface area contributed by atoms with Gasteiger partial charge in [0.05, 0.1) is 23.4 Å². The zero-order valence-electron chi connectivity index (χ0n) is 17.5. The van der Waals surface area contributed by atoms with Crippen LogP contribution in [0.5, 0.6) is 0 Å². The SMILES string of the molecule is CC1CN(CC2CCN(C(=O)c3nc(N4CCCC4)ncc3Cl)CC2)CC(C)O1. The van der Waals surface area contributed by atoms with Gasteiger partial charge in [-0.2, -0.15) is 0 Å². The summed E-state index contributed by atoms with van der Waals surface area (Å²) in [6.45, 7) is 10.8. The van der Waals surface area contributed by atoms with Gasteiger partial charge in [-0.15, -0.1) is 0 Å². The molecular formula is C21H32ClN5O2. The predicted octanol–water partition coefficient (Wildman–Crippen LogP) is 2.69. The second kappa shape index (κ2) is 9.14. The first kappa shape index (κ1) is 20.8. The van der Waals surface area contributed by atoms with Gasteiger partial charge in [-0.25, -0.2) is 9.97 Å².